The molecule has 1 atom stereocenters. The summed E-state index contributed by atoms with van der Waals surface area (Å²) in [6.45, 7) is 5.35. The first-order valence-corrected chi connectivity index (χ1v) is 10.0. The van der Waals surface area contributed by atoms with Gasteiger partial charge < -0.3 is 19.7 Å². The summed E-state index contributed by atoms with van der Waals surface area (Å²) in [5, 5.41) is 2.95. The molecule has 0 radical (unpaired) electrons. The Kier molecular flexibility index (Phi) is 4.74. The van der Waals surface area contributed by atoms with Crippen LogP contribution in [0, 0.1) is 11.8 Å². The van der Waals surface area contributed by atoms with Crippen LogP contribution in [0.1, 0.15) is 52.4 Å². The molecule has 1 aromatic rings. The van der Waals surface area contributed by atoms with Crippen LogP contribution in [0.15, 0.2) is 18.2 Å². The highest BCUT2D eigenvalue weighted by Gasteiger charge is 2.42. The van der Waals surface area contributed by atoms with E-state index in [0.717, 1.165) is 31.4 Å². The number of fused-ring (bicyclic) bond motifs is 1. The Balaban J connectivity index is 1.39. The zero-order valence-electron chi connectivity index (χ0n) is 16.1. The van der Waals surface area contributed by atoms with Gasteiger partial charge in [0, 0.05) is 44.1 Å². The maximum atomic E-state index is 12.6. The Morgan fingerprint density at radius 2 is 1.96 bits per heavy atom. The molecular weight excluding hydrogens is 344 g/mol. The lowest BCUT2D eigenvalue weighted by Crippen LogP contribution is -2.40. The summed E-state index contributed by atoms with van der Waals surface area (Å²) in [4.78, 5) is 26.5. The fourth-order valence-corrected chi connectivity index (χ4v) is 4.28. The van der Waals surface area contributed by atoms with Crippen molar-refractivity contribution in [3.05, 3.63) is 18.2 Å². The lowest BCUT2D eigenvalue weighted by atomic mass is 9.94. The number of benzene rings is 1. The maximum Gasteiger partial charge on any atom is 0.251 e. The molecule has 1 aromatic carbocycles. The number of amides is 2. The Bertz CT molecular complexity index is 740. The van der Waals surface area contributed by atoms with E-state index in [4.69, 9.17) is 9.47 Å². The summed E-state index contributed by atoms with van der Waals surface area (Å²) >= 11 is 0. The summed E-state index contributed by atoms with van der Waals surface area (Å²) in [6.07, 6.45) is 5.53. The minimum atomic E-state index is -0.515. The summed E-state index contributed by atoms with van der Waals surface area (Å²) in [7, 11) is 0. The zero-order chi connectivity index (χ0) is 19.0. The van der Waals surface area contributed by atoms with E-state index in [-0.39, 0.29) is 24.2 Å². The Labute approximate surface area is 160 Å². The lowest BCUT2D eigenvalue weighted by Gasteiger charge is -2.31. The molecule has 1 saturated heterocycles. The first-order valence-electron chi connectivity index (χ1n) is 10.0. The fourth-order valence-electron chi connectivity index (χ4n) is 4.28. The number of likely N-dealkylation sites (tertiary alicyclic amines) is 1. The predicted octanol–water partition coefficient (Wildman–Crippen LogP) is 3.56. The quantitative estimate of drug-likeness (QED) is 0.877. The molecule has 146 valence electrons. The Morgan fingerprint density at radius 3 is 2.70 bits per heavy atom. The standard InChI is InChI=1S/C21H28N2O4/c1-14(2)12-23-13-15(10-19(23)24)20(25)22-16-6-7-17-18(11-16)27-21(26-17)8-4-3-5-9-21/h6-7,11,14-15H,3-5,8-10,12-13H2,1-2H3,(H,22,25). The van der Waals surface area contributed by atoms with Crippen LogP contribution in [-0.2, 0) is 9.59 Å². The van der Waals surface area contributed by atoms with Gasteiger partial charge >= 0.3 is 0 Å². The molecule has 0 bridgehead atoms. The molecule has 6 nitrogen and oxygen atoms in total. The molecule has 1 N–H and O–H groups in total. The Morgan fingerprint density at radius 1 is 1.22 bits per heavy atom. The van der Waals surface area contributed by atoms with Crippen LogP contribution in [0.3, 0.4) is 0 Å². The third-order valence-electron chi connectivity index (χ3n) is 5.59. The normalized spacial score (nSPS) is 23.3. The topological polar surface area (TPSA) is 67.9 Å². The number of nitrogens with zero attached hydrogens (tertiary/aromatic N) is 1. The minimum absolute atomic E-state index is 0.0637. The van der Waals surface area contributed by atoms with Gasteiger partial charge in [-0.25, -0.2) is 0 Å². The van der Waals surface area contributed by atoms with Crippen molar-refractivity contribution in [3.63, 3.8) is 0 Å². The molecule has 6 heteroatoms. The monoisotopic (exact) mass is 372 g/mol. The van der Waals surface area contributed by atoms with Gasteiger partial charge in [-0.1, -0.05) is 20.3 Å². The van der Waals surface area contributed by atoms with Gasteiger partial charge in [-0.15, -0.1) is 0 Å². The molecular formula is C21H28N2O4. The van der Waals surface area contributed by atoms with Crippen molar-refractivity contribution in [3.8, 4) is 11.5 Å². The third-order valence-corrected chi connectivity index (χ3v) is 5.59. The summed E-state index contributed by atoms with van der Waals surface area (Å²) < 4.78 is 12.2. The van der Waals surface area contributed by atoms with E-state index in [1.54, 1.807) is 4.90 Å². The average Bonchev–Trinajstić information content (AvgIpc) is 3.15. The second kappa shape index (κ2) is 7.06. The highest BCUT2D eigenvalue weighted by atomic mass is 16.7. The number of hydrogen-bond acceptors (Lipinski definition) is 4. The smallest absolute Gasteiger partial charge is 0.251 e. The fraction of sp³-hybridized carbons (Fsp3) is 0.619. The molecule has 2 fully saturated rings. The van der Waals surface area contributed by atoms with Crippen LogP contribution < -0.4 is 14.8 Å². The Hall–Kier alpha value is -2.24. The number of carbonyl (C=O) groups excluding carboxylic acids is 2. The number of hydrogen-bond donors (Lipinski definition) is 1. The molecule has 2 aliphatic heterocycles. The van der Waals surface area contributed by atoms with Crippen molar-refractivity contribution in [2.24, 2.45) is 11.8 Å². The highest BCUT2D eigenvalue weighted by molar-refractivity contribution is 5.97. The minimum Gasteiger partial charge on any atom is -0.448 e. The van der Waals surface area contributed by atoms with Crippen LogP contribution in [0.2, 0.25) is 0 Å². The van der Waals surface area contributed by atoms with Gasteiger partial charge in [0.25, 0.3) is 5.79 Å². The van der Waals surface area contributed by atoms with Crippen LogP contribution in [0.4, 0.5) is 5.69 Å². The van der Waals surface area contributed by atoms with Gasteiger partial charge in [0.2, 0.25) is 11.8 Å². The van der Waals surface area contributed by atoms with Crippen LogP contribution >= 0.6 is 0 Å². The molecule has 2 amide bonds. The molecule has 1 spiro atoms. The molecule has 1 aliphatic carbocycles. The molecule has 27 heavy (non-hydrogen) atoms. The number of ether oxygens (including phenoxy) is 2. The summed E-state index contributed by atoms with van der Waals surface area (Å²) in [5.41, 5.74) is 0.685. The van der Waals surface area contributed by atoms with Crippen LogP contribution in [0.5, 0.6) is 11.5 Å². The number of nitrogens with one attached hydrogen (secondary N) is 1. The van der Waals surface area contributed by atoms with E-state index in [1.165, 1.54) is 6.42 Å². The van der Waals surface area contributed by atoms with Crippen molar-refractivity contribution in [1.82, 2.24) is 4.90 Å². The van der Waals surface area contributed by atoms with Crippen molar-refractivity contribution < 1.29 is 19.1 Å². The molecule has 3 aliphatic rings. The van der Waals surface area contributed by atoms with Crippen LogP contribution in [-0.4, -0.2) is 35.6 Å². The van der Waals surface area contributed by atoms with Crippen molar-refractivity contribution >= 4 is 17.5 Å². The SMILES string of the molecule is CC(C)CN1CC(C(=O)Nc2ccc3c(c2)OC2(CCCCC2)O3)CC1=O. The van der Waals surface area contributed by atoms with E-state index < -0.39 is 5.79 Å². The van der Waals surface area contributed by atoms with Crippen LogP contribution in [0.25, 0.3) is 0 Å². The van der Waals surface area contributed by atoms with Crippen molar-refractivity contribution in [2.45, 2.75) is 58.2 Å². The van der Waals surface area contributed by atoms with Gasteiger partial charge in [-0.3, -0.25) is 9.59 Å². The van der Waals surface area contributed by atoms with Gasteiger partial charge in [0.1, 0.15) is 0 Å². The summed E-state index contributed by atoms with van der Waals surface area (Å²) in [6, 6.07) is 5.53. The third kappa shape index (κ3) is 3.75. The second-order valence-electron chi connectivity index (χ2n) is 8.42. The first-order chi connectivity index (χ1) is 12.9. The number of carbonyl (C=O) groups is 2. The largest absolute Gasteiger partial charge is 0.448 e. The number of anilines is 1. The highest BCUT2D eigenvalue weighted by Crippen LogP contribution is 2.46. The van der Waals surface area contributed by atoms with Gasteiger partial charge in [0.05, 0.1) is 5.92 Å². The lowest BCUT2D eigenvalue weighted by molar-refractivity contribution is -0.128. The van der Waals surface area contributed by atoms with E-state index >= 15 is 0 Å². The zero-order valence-corrected chi connectivity index (χ0v) is 16.1. The average molecular weight is 372 g/mol. The second-order valence-corrected chi connectivity index (χ2v) is 8.42. The molecule has 0 aromatic heterocycles. The van der Waals surface area contributed by atoms with Gasteiger partial charge in [-0.2, -0.15) is 0 Å². The first kappa shape index (κ1) is 18.1. The molecule has 1 saturated carbocycles. The van der Waals surface area contributed by atoms with Gasteiger partial charge in [0.15, 0.2) is 11.5 Å². The molecule has 4 rings (SSSR count). The summed E-state index contributed by atoms with van der Waals surface area (Å²) in [5.74, 6) is 0.976. The predicted molar refractivity (Wildman–Crippen MR) is 102 cm³/mol. The number of rotatable bonds is 4. The van der Waals surface area contributed by atoms with Gasteiger partial charge in [-0.05, 0) is 30.9 Å². The van der Waals surface area contributed by atoms with E-state index in [1.807, 2.05) is 18.2 Å². The van der Waals surface area contributed by atoms with E-state index in [9.17, 15) is 9.59 Å². The van der Waals surface area contributed by atoms with E-state index in [2.05, 4.69) is 19.2 Å². The molecule has 1 unspecified atom stereocenters. The van der Waals surface area contributed by atoms with Crippen molar-refractivity contribution in [1.29, 1.82) is 0 Å². The maximum absolute atomic E-state index is 12.6. The van der Waals surface area contributed by atoms with E-state index in [0.29, 0.717) is 30.4 Å². The molecule has 2 heterocycles. The van der Waals surface area contributed by atoms with Crippen molar-refractivity contribution in [2.75, 3.05) is 18.4 Å².